The summed E-state index contributed by atoms with van der Waals surface area (Å²) in [7, 11) is 0. The Kier molecular flexibility index (Phi) is 5.97. The molecular weight excluding hydrogens is 322 g/mol. The zero-order valence-electron chi connectivity index (χ0n) is 16.2. The van der Waals surface area contributed by atoms with Gasteiger partial charge in [0.1, 0.15) is 0 Å². The number of hydrogen-bond donors (Lipinski definition) is 1. The Bertz CT molecular complexity index is 907. The first-order chi connectivity index (χ1) is 12.7. The first-order valence-corrected chi connectivity index (χ1v) is 9.87. The number of para-hydroxylation sites is 1. The third kappa shape index (κ3) is 3.62. The Morgan fingerprint density at radius 1 is 1.04 bits per heavy atom. The van der Waals surface area contributed by atoms with Gasteiger partial charge in [-0.15, -0.1) is 0 Å². The number of esters is 1. The lowest BCUT2D eigenvalue weighted by atomic mass is 9.94. The van der Waals surface area contributed by atoms with Crippen LogP contribution in [0, 0.1) is 6.92 Å². The highest BCUT2D eigenvalue weighted by atomic mass is 16.5. The van der Waals surface area contributed by atoms with Gasteiger partial charge in [-0.1, -0.05) is 50.8 Å². The second kappa shape index (κ2) is 8.39. The molecule has 0 aliphatic carbocycles. The van der Waals surface area contributed by atoms with Crippen LogP contribution in [-0.4, -0.2) is 17.6 Å². The first-order valence-electron chi connectivity index (χ1n) is 9.87. The van der Waals surface area contributed by atoms with Gasteiger partial charge in [0.2, 0.25) is 0 Å². The third-order valence-electron chi connectivity index (χ3n) is 5.22. The van der Waals surface area contributed by atoms with Crippen LogP contribution < -0.4 is 0 Å². The SMILES string of the molecule is CCCCCCCc1c(C)c(C(=O)OCC)cc2c1[nH]c1ccccc12. The Balaban J connectivity index is 2.06. The molecule has 1 aromatic heterocycles. The van der Waals surface area contributed by atoms with Crippen molar-refractivity contribution in [2.45, 2.75) is 59.3 Å². The van der Waals surface area contributed by atoms with Crippen LogP contribution in [0.4, 0.5) is 0 Å². The van der Waals surface area contributed by atoms with E-state index in [-0.39, 0.29) is 5.97 Å². The lowest BCUT2D eigenvalue weighted by Crippen LogP contribution is -2.09. The molecule has 3 rings (SSSR count). The summed E-state index contributed by atoms with van der Waals surface area (Å²) in [6.45, 7) is 6.54. The van der Waals surface area contributed by atoms with E-state index in [1.807, 2.05) is 25.1 Å². The minimum Gasteiger partial charge on any atom is -0.462 e. The van der Waals surface area contributed by atoms with Crippen molar-refractivity contribution in [3.8, 4) is 0 Å². The molecule has 0 fully saturated rings. The fourth-order valence-electron chi connectivity index (χ4n) is 3.79. The molecular formula is C23H29NO2. The molecule has 0 aliphatic rings. The molecule has 138 valence electrons. The number of carbonyl (C=O) groups excluding carboxylic acids is 1. The predicted octanol–water partition coefficient (Wildman–Crippen LogP) is 6.32. The van der Waals surface area contributed by atoms with Crippen LogP contribution in [-0.2, 0) is 11.2 Å². The van der Waals surface area contributed by atoms with Crippen LogP contribution in [0.25, 0.3) is 21.8 Å². The molecule has 26 heavy (non-hydrogen) atoms. The normalized spacial score (nSPS) is 11.3. The van der Waals surface area contributed by atoms with Crippen LogP contribution in [0.1, 0.15) is 67.4 Å². The Labute approximate surface area is 155 Å². The van der Waals surface area contributed by atoms with Crippen molar-refractivity contribution in [1.82, 2.24) is 4.98 Å². The van der Waals surface area contributed by atoms with Crippen LogP contribution in [0.15, 0.2) is 30.3 Å². The summed E-state index contributed by atoms with van der Waals surface area (Å²) in [5, 5.41) is 2.29. The van der Waals surface area contributed by atoms with Gasteiger partial charge in [-0.2, -0.15) is 0 Å². The number of aromatic nitrogens is 1. The van der Waals surface area contributed by atoms with Crippen LogP contribution in [0.3, 0.4) is 0 Å². The molecule has 1 heterocycles. The molecule has 0 saturated carbocycles. The zero-order chi connectivity index (χ0) is 18.5. The molecule has 0 spiro atoms. The predicted molar refractivity (Wildman–Crippen MR) is 109 cm³/mol. The number of benzene rings is 2. The number of fused-ring (bicyclic) bond motifs is 3. The van der Waals surface area contributed by atoms with Crippen molar-refractivity contribution in [2.24, 2.45) is 0 Å². The largest absolute Gasteiger partial charge is 0.462 e. The van der Waals surface area contributed by atoms with Crippen LogP contribution in [0.2, 0.25) is 0 Å². The summed E-state index contributed by atoms with van der Waals surface area (Å²) in [6, 6.07) is 10.3. The second-order valence-corrected chi connectivity index (χ2v) is 7.01. The number of nitrogens with one attached hydrogen (secondary N) is 1. The molecule has 1 N–H and O–H groups in total. The van der Waals surface area contributed by atoms with E-state index in [2.05, 4.69) is 31.0 Å². The molecule has 0 amide bonds. The molecule has 0 bridgehead atoms. The molecule has 0 unspecified atom stereocenters. The fraction of sp³-hybridized carbons (Fsp3) is 0.435. The summed E-state index contributed by atoms with van der Waals surface area (Å²) in [4.78, 5) is 16.1. The van der Waals surface area contributed by atoms with E-state index in [1.165, 1.54) is 42.1 Å². The third-order valence-corrected chi connectivity index (χ3v) is 5.22. The highest BCUT2D eigenvalue weighted by Gasteiger charge is 2.19. The van der Waals surface area contributed by atoms with E-state index in [0.717, 1.165) is 29.3 Å². The number of rotatable bonds is 8. The highest BCUT2D eigenvalue weighted by Crippen LogP contribution is 2.33. The van der Waals surface area contributed by atoms with Gasteiger partial charge < -0.3 is 9.72 Å². The minimum atomic E-state index is -0.218. The van der Waals surface area contributed by atoms with Crippen molar-refractivity contribution in [3.63, 3.8) is 0 Å². The van der Waals surface area contributed by atoms with Gasteiger partial charge in [-0.05, 0) is 49.9 Å². The number of aromatic amines is 1. The van der Waals surface area contributed by atoms with Gasteiger partial charge in [-0.3, -0.25) is 0 Å². The standard InChI is InChI=1S/C23H29NO2/c1-4-6-7-8-9-12-17-16(3)19(23(25)26-5-2)15-20-18-13-10-11-14-21(18)24-22(17)20/h10-11,13-15,24H,4-9,12H2,1-3H3. The van der Waals surface area contributed by atoms with E-state index >= 15 is 0 Å². The molecule has 3 heteroatoms. The smallest absolute Gasteiger partial charge is 0.338 e. The molecule has 0 atom stereocenters. The summed E-state index contributed by atoms with van der Waals surface area (Å²) >= 11 is 0. The molecule has 3 nitrogen and oxygen atoms in total. The Hall–Kier alpha value is -2.29. The van der Waals surface area contributed by atoms with Gasteiger partial charge in [-0.25, -0.2) is 4.79 Å². The lowest BCUT2D eigenvalue weighted by molar-refractivity contribution is 0.0525. The van der Waals surface area contributed by atoms with E-state index in [0.29, 0.717) is 12.2 Å². The van der Waals surface area contributed by atoms with Crippen LogP contribution in [0.5, 0.6) is 0 Å². The van der Waals surface area contributed by atoms with E-state index < -0.39 is 0 Å². The number of hydrogen-bond acceptors (Lipinski definition) is 2. The van der Waals surface area contributed by atoms with Crippen LogP contribution >= 0.6 is 0 Å². The highest BCUT2D eigenvalue weighted by molar-refractivity contribution is 6.11. The van der Waals surface area contributed by atoms with E-state index in [9.17, 15) is 4.79 Å². The summed E-state index contributed by atoms with van der Waals surface area (Å²) in [5.74, 6) is -0.218. The van der Waals surface area contributed by atoms with Crippen molar-refractivity contribution >= 4 is 27.8 Å². The second-order valence-electron chi connectivity index (χ2n) is 7.01. The molecule has 0 radical (unpaired) electrons. The number of unbranched alkanes of at least 4 members (excludes halogenated alkanes) is 4. The number of ether oxygens (including phenoxy) is 1. The van der Waals surface area contributed by atoms with Gasteiger partial charge in [0.25, 0.3) is 0 Å². The van der Waals surface area contributed by atoms with Crippen molar-refractivity contribution in [1.29, 1.82) is 0 Å². The molecule has 0 aliphatic heterocycles. The quantitative estimate of drug-likeness (QED) is 0.381. The maximum Gasteiger partial charge on any atom is 0.338 e. The van der Waals surface area contributed by atoms with Gasteiger partial charge >= 0.3 is 5.97 Å². The summed E-state index contributed by atoms with van der Waals surface area (Å²) in [5.41, 5.74) is 5.31. The number of carbonyl (C=O) groups is 1. The molecule has 2 aromatic carbocycles. The van der Waals surface area contributed by atoms with Gasteiger partial charge in [0.05, 0.1) is 17.7 Å². The summed E-state index contributed by atoms with van der Waals surface area (Å²) < 4.78 is 5.31. The number of aryl methyl sites for hydroxylation is 1. The fourth-order valence-corrected chi connectivity index (χ4v) is 3.79. The molecule has 0 saturated heterocycles. The van der Waals surface area contributed by atoms with Crippen molar-refractivity contribution < 1.29 is 9.53 Å². The Morgan fingerprint density at radius 3 is 2.58 bits per heavy atom. The topological polar surface area (TPSA) is 42.1 Å². The zero-order valence-corrected chi connectivity index (χ0v) is 16.2. The first kappa shape index (κ1) is 18.5. The average molecular weight is 351 g/mol. The van der Waals surface area contributed by atoms with E-state index in [4.69, 9.17) is 4.74 Å². The summed E-state index contributed by atoms with van der Waals surface area (Å²) in [6.07, 6.45) is 7.21. The molecule has 3 aromatic rings. The van der Waals surface area contributed by atoms with Crippen molar-refractivity contribution in [3.05, 3.63) is 47.0 Å². The average Bonchev–Trinajstić information content (AvgIpc) is 3.01. The maximum atomic E-state index is 12.5. The minimum absolute atomic E-state index is 0.218. The van der Waals surface area contributed by atoms with Gasteiger partial charge in [0, 0.05) is 16.3 Å². The number of H-pyrrole nitrogens is 1. The lowest BCUT2D eigenvalue weighted by Gasteiger charge is -2.13. The Morgan fingerprint density at radius 2 is 1.81 bits per heavy atom. The maximum absolute atomic E-state index is 12.5. The monoisotopic (exact) mass is 351 g/mol. The van der Waals surface area contributed by atoms with Gasteiger partial charge in [0.15, 0.2) is 0 Å². The van der Waals surface area contributed by atoms with Crippen molar-refractivity contribution in [2.75, 3.05) is 6.61 Å². The van der Waals surface area contributed by atoms with E-state index in [1.54, 1.807) is 0 Å².